The zero-order valence-corrected chi connectivity index (χ0v) is 9.91. The number of fused-ring (bicyclic) bond motifs is 3. The van der Waals surface area contributed by atoms with Crippen molar-refractivity contribution in [2.24, 2.45) is 0 Å². The summed E-state index contributed by atoms with van der Waals surface area (Å²) >= 11 is 0. The van der Waals surface area contributed by atoms with Crippen LogP contribution in [0.3, 0.4) is 0 Å². The van der Waals surface area contributed by atoms with Crippen molar-refractivity contribution >= 4 is 10.9 Å². The minimum absolute atomic E-state index is 0.147. The SMILES string of the molecule is O=c1c2c([nH]c3cc4c(cc13)OCCO4)CCC2. The first-order chi connectivity index (χ1) is 8.83. The van der Waals surface area contributed by atoms with Gasteiger partial charge in [0.15, 0.2) is 16.9 Å². The predicted octanol–water partition coefficient (Wildman–Crippen LogP) is 1.79. The maximum Gasteiger partial charge on any atom is 0.192 e. The van der Waals surface area contributed by atoms with Gasteiger partial charge in [0.1, 0.15) is 13.2 Å². The molecule has 4 rings (SSSR count). The Morgan fingerprint density at radius 2 is 1.83 bits per heavy atom. The summed E-state index contributed by atoms with van der Waals surface area (Å²) in [6.07, 6.45) is 2.91. The average Bonchev–Trinajstić information content (AvgIpc) is 2.86. The molecular formula is C14H13NO3. The Morgan fingerprint density at radius 1 is 1.06 bits per heavy atom. The molecule has 0 saturated carbocycles. The number of aromatic amines is 1. The van der Waals surface area contributed by atoms with Crippen molar-refractivity contribution in [3.05, 3.63) is 33.6 Å². The molecule has 2 aromatic rings. The average molecular weight is 243 g/mol. The van der Waals surface area contributed by atoms with E-state index in [2.05, 4.69) is 4.98 Å². The number of nitrogens with one attached hydrogen (secondary N) is 1. The maximum atomic E-state index is 12.4. The zero-order valence-electron chi connectivity index (χ0n) is 9.91. The van der Waals surface area contributed by atoms with Gasteiger partial charge in [0.25, 0.3) is 0 Å². The van der Waals surface area contributed by atoms with E-state index in [-0.39, 0.29) is 5.43 Å². The van der Waals surface area contributed by atoms with Gasteiger partial charge in [0, 0.05) is 22.7 Å². The van der Waals surface area contributed by atoms with Crippen LogP contribution in [0.15, 0.2) is 16.9 Å². The number of rotatable bonds is 0. The van der Waals surface area contributed by atoms with Crippen molar-refractivity contribution in [3.8, 4) is 11.5 Å². The highest BCUT2D eigenvalue weighted by molar-refractivity contribution is 5.83. The van der Waals surface area contributed by atoms with Crippen molar-refractivity contribution in [1.29, 1.82) is 0 Å². The highest BCUT2D eigenvalue weighted by Gasteiger charge is 2.20. The molecule has 1 aromatic heterocycles. The van der Waals surface area contributed by atoms with Crippen LogP contribution in [0.4, 0.5) is 0 Å². The van der Waals surface area contributed by atoms with E-state index >= 15 is 0 Å². The summed E-state index contributed by atoms with van der Waals surface area (Å²) in [6.45, 7) is 1.11. The summed E-state index contributed by atoms with van der Waals surface area (Å²) in [5.74, 6) is 1.40. The molecule has 1 aliphatic heterocycles. The summed E-state index contributed by atoms with van der Waals surface area (Å²) in [4.78, 5) is 15.8. The van der Waals surface area contributed by atoms with Crippen LogP contribution < -0.4 is 14.9 Å². The molecule has 2 aliphatic rings. The van der Waals surface area contributed by atoms with Gasteiger partial charge in [0.05, 0.1) is 5.52 Å². The van der Waals surface area contributed by atoms with Crippen LogP contribution in [-0.4, -0.2) is 18.2 Å². The van der Waals surface area contributed by atoms with Crippen LogP contribution in [-0.2, 0) is 12.8 Å². The molecule has 18 heavy (non-hydrogen) atoms. The Bertz CT molecular complexity index is 702. The van der Waals surface area contributed by atoms with Crippen LogP contribution in [0, 0.1) is 0 Å². The fraction of sp³-hybridized carbons (Fsp3) is 0.357. The van der Waals surface area contributed by atoms with E-state index in [0.29, 0.717) is 24.3 Å². The van der Waals surface area contributed by atoms with Gasteiger partial charge in [-0.25, -0.2) is 0 Å². The number of hydrogen-bond acceptors (Lipinski definition) is 3. The number of aromatic nitrogens is 1. The van der Waals surface area contributed by atoms with E-state index in [0.717, 1.165) is 41.8 Å². The lowest BCUT2D eigenvalue weighted by molar-refractivity contribution is 0.172. The van der Waals surface area contributed by atoms with E-state index < -0.39 is 0 Å². The molecule has 2 heterocycles. The van der Waals surface area contributed by atoms with E-state index in [1.54, 1.807) is 6.07 Å². The molecule has 0 fully saturated rings. The third kappa shape index (κ3) is 1.29. The molecule has 0 unspecified atom stereocenters. The minimum Gasteiger partial charge on any atom is -0.486 e. The Balaban J connectivity index is 2.06. The van der Waals surface area contributed by atoms with Crippen molar-refractivity contribution in [1.82, 2.24) is 4.98 Å². The molecule has 4 nitrogen and oxygen atoms in total. The van der Waals surface area contributed by atoms with Gasteiger partial charge in [-0.1, -0.05) is 0 Å². The van der Waals surface area contributed by atoms with Crippen molar-refractivity contribution in [2.45, 2.75) is 19.3 Å². The number of pyridine rings is 1. The first-order valence-electron chi connectivity index (χ1n) is 6.30. The van der Waals surface area contributed by atoms with Crippen molar-refractivity contribution in [2.75, 3.05) is 13.2 Å². The van der Waals surface area contributed by atoms with Crippen molar-refractivity contribution in [3.63, 3.8) is 0 Å². The molecule has 0 amide bonds. The lowest BCUT2D eigenvalue weighted by Gasteiger charge is -2.19. The van der Waals surface area contributed by atoms with Crippen molar-refractivity contribution < 1.29 is 9.47 Å². The summed E-state index contributed by atoms with van der Waals surface area (Å²) < 4.78 is 11.1. The predicted molar refractivity (Wildman–Crippen MR) is 67.6 cm³/mol. The first-order valence-corrected chi connectivity index (χ1v) is 6.30. The molecule has 1 aromatic carbocycles. The lowest BCUT2D eigenvalue weighted by Crippen LogP contribution is -2.17. The van der Waals surface area contributed by atoms with E-state index in [4.69, 9.17) is 9.47 Å². The van der Waals surface area contributed by atoms with E-state index in [1.807, 2.05) is 6.07 Å². The minimum atomic E-state index is 0.147. The topological polar surface area (TPSA) is 51.3 Å². The van der Waals surface area contributed by atoms with Gasteiger partial charge in [-0.05, 0) is 25.3 Å². The highest BCUT2D eigenvalue weighted by atomic mass is 16.6. The van der Waals surface area contributed by atoms with Crippen LogP contribution >= 0.6 is 0 Å². The second-order valence-corrected chi connectivity index (χ2v) is 4.81. The van der Waals surface area contributed by atoms with E-state index in [9.17, 15) is 4.79 Å². The molecule has 1 aliphatic carbocycles. The second-order valence-electron chi connectivity index (χ2n) is 4.81. The largest absolute Gasteiger partial charge is 0.486 e. The fourth-order valence-electron chi connectivity index (χ4n) is 2.84. The molecule has 0 atom stereocenters. The molecule has 92 valence electrons. The molecule has 0 bridgehead atoms. The quantitative estimate of drug-likeness (QED) is 0.767. The van der Waals surface area contributed by atoms with Gasteiger partial charge >= 0.3 is 0 Å². The fourth-order valence-corrected chi connectivity index (χ4v) is 2.84. The second kappa shape index (κ2) is 3.51. The molecule has 0 spiro atoms. The Hall–Kier alpha value is -1.97. The molecule has 0 radical (unpaired) electrons. The van der Waals surface area contributed by atoms with Gasteiger partial charge in [-0.2, -0.15) is 0 Å². The molecule has 0 saturated heterocycles. The Kier molecular flexibility index (Phi) is 1.95. The number of H-pyrrole nitrogens is 1. The van der Waals surface area contributed by atoms with Crippen LogP contribution in [0.1, 0.15) is 17.7 Å². The smallest absolute Gasteiger partial charge is 0.192 e. The number of hydrogen-bond donors (Lipinski definition) is 1. The zero-order chi connectivity index (χ0) is 12.1. The Morgan fingerprint density at radius 3 is 2.67 bits per heavy atom. The number of aryl methyl sites for hydroxylation is 1. The molecule has 4 heteroatoms. The lowest BCUT2D eigenvalue weighted by atomic mass is 10.1. The third-order valence-corrected chi connectivity index (χ3v) is 3.70. The van der Waals surface area contributed by atoms with Crippen LogP contribution in [0.25, 0.3) is 10.9 Å². The summed E-state index contributed by atoms with van der Waals surface area (Å²) in [7, 11) is 0. The number of benzene rings is 1. The monoisotopic (exact) mass is 243 g/mol. The van der Waals surface area contributed by atoms with Gasteiger partial charge < -0.3 is 14.5 Å². The van der Waals surface area contributed by atoms with Gasteiger partial charge in [-0.3, -0.25) is 4.79 Å². The maximum absolute atomic E-state index is 12.4. The summed E-state index contributed by atoms with van der Waals surface area (Å²) in [5.41, 5.74) is 3.03. The molecular weight excluding hydrogens is 230 g/mol. The van der Waals surface area contributed by atoms with Gasteiger partial charge in [0.2, 0.25) is 0 Å². The van der Waals surface area contributed by atoms with Crippen LogP contribution in [0.2, 0.25) is 0 Å². The summed E-state index contributed by atoms with van der Waals surface area (Å²) in [6, 6.07) is 3.69. The molecule has 1 N–H and O–H groups in total. The third-order valence-electron chi connectivity index (χ3n) is 3.70. The first kappa shape index (κ1) is 10.00. The normalized spacial score (nSPS) is 16.9. The standard InChI is InChI=1S/C14H13NO3/c16-14-8-2-1-3-10(8)15-11-7-13-12(6-9(11)14)17-4-5-18-13/h6-7H,1-5H2,(H,15,16). The number of ether oxygens (including phenoxy) is 2. The van der Waals surface area contributed by atoms with Gasteiger partial charge in [-0.15, -0.1) is 0 Å². The summed E-state index contributed by atoms with van der Waals surface area (Å²) in [5, 5.41) is 0.708. The highest BCUT2D eigenvalue weighted by Crippen LogP contribution is 2.33. The Labute approximate surface area is 104 Å². The van der Waals surface area contributed by atoms with E-state index in [1.165, 1.54) is 0 Å². The van der Waals surface area contributed by atoms with Crippen LogP contribution in [0.5, 0.6) is 11.5 Å².